The molecule has 1 atom stereocenters. The molecule has 0 aromatic heterocycles. The van der Waals surface area contributed by atoms with Crippen LogP contribution in [-0.2, 0) is 21.4 Å². The number of hydrogen-bond acceptors (Lipinski definition) is 3. The average molecular weight is 345 g/mol. The van der Waals surface area contributed by atoms with Crippen LogP contribution in [0.2, 0.25) is 5.02 Å². The van der Waals surface area contributed by atoms with E-state index >= 15 is 0 Å². The summed E-state index contributed by atoms with van der Waals surface area (Å²) in [5.41, 5.74) is 0.885. The molecule has 0 spiro atoms. The third-order valence-corrected chi connectivity index (χ3v) is 5.58. The first-order valence-corrected chi connectivity index (χ1v) is 9.45. The SMILES string of the molecule is CN(Cc1ccccc1Cl)C(=O)C1CCCN(S(C)(=O)=O)C1. The molecule has 0 N–H and O–H groups in total. The molecule has 1 unspecified atom stereocenters. The standard InChI is InChI=1S/C15H21ClN2O3S/c1-17(10-12-6-3-4-8-14(12)16)15(19)13-7-5-9-18(11-13)22(2,20)21/h3-4,6,8,13H,5,7,9-11H2,1-2H3. The van der Waals surface area contributed by atoms with Crippen LogP contribution in [0.1, 0.15) is 18.4 Å². The van der Waals surface area contributed by atoms with Gasteiger partial charge in [0.15, 0.2) is 0 Å². The molecule has 1 aliphatic rings. The van der Waals surface area contributed by atoms with Crippen LogP contribution in [0.5, 0.6) is 0 Å². The summed E-state index contributed by atoms with van der Waals surface area (Å²) in [6.45, 7) is 1.19. The number of halogens is 1. The molecule has 2 rings (SSSR count). The molecule has 1 fully saturated rings. The molecule has 1 amide bonds. The van der Waals surface area contributed by atoms with Gasteiger partial charge in [-0.3, -0.25) is 4.79 Å². The van der Waals surface area contributed by atoms with Gasteiger partial charge >= 0.3 is 0 Å². The van der Waals surface area contributed by atoms with Crippen molar-refractivity contribution in [3.05, 3.63) is 34.9 Å². The molecule has 1 aromatic rings. The highest BCUT2D eigenvalue weighted by Gasteiger charge is 2.31. The third-order valence-electron chi connectivity index (χ3n) is 3.94. The summed E-state index contributed by atoms with van der Waals surface area (Å²) in [7, 11) is -1.51. The zero-order valence-corrected chi connectivity index (χ0v) is 14.4. The Kier molecular flexibility index (Phi) is 5.47. The van der Waals surface area contributed by atoms with Gasteiger partial charge in [-0.15, -0.1) is 0 Å². The van der Waals surface area contributed by atoms with Crippen LogP contribution in [0.4, 0.5) is 0 Å². The van der Waals surface area contributed by atoms with Crippen LogP contribution in [-0.4, -0.2) is 49.9 Å². The minimum absolute atomic E-state index is 0.0340. The van der Waals surface area contributed by atoms with Crippen LogP contribution in [0.3, 0.4) is 0 Å². The summed E-state index contributed by atoms with van der Waals surface area (Å²) >= 11 is 6.12. The van der Waals surface area contributed by atoms with Gasteiger partial charge in [0.05, 0.1) is 12.2 Å². The van der Waals surface area contributed by atoms with Crippen LogP contribution in [0.15, 0.2) is 24.3 Å². The van der Waals surface area contributed by atoms with Gasteiger partial charge < -0.3 is 4.90 Å². The van der Waals surface area contributed by atoms with Gasteiger partial charge in [-0.25, -0.2) is 12.7 Å². The fourth-order valence-corrected chi connectivity index (χ4v) is 3.82. The molecule has 122 valence electrons. The summed E-state index contributed by atoms with van der Waals surface area (Å²) < 4.78 is 24.7. The number of nitrogens with zero attached hydrogens (tertiary/aromatic N) is 2. The van der Waals surface area contributed by atoms with Crippen molar-refractivity contribution in [3.8, 4) is 0 Å². The van der Waals surface area contributed by atoms with Crippen LogP contribution < -0.4 is 0 Å². The number of rotatable bonds is 4. The Morgan fingerprint density at radius 2 is 2.09 bits per heavy atom. The van der Waals surface area contributed by atoms with Crippen molar-refractivity contribution in [2.45, 2.75) is 19.4 Å². The second-order valence-corrected chi connectivity index (χ2v) is 8.14. The molecule has 1 saturated heterocycles. The predicted octanol–water partition coefficient (Wildman–Crippen LogP) is 1.97. The van der Waals surface area contributed by atoms with E-state index < -0.39 is 10.0 Å². The van der Waals surface area contributed by atoms with Crippen molar-refractivity contribution >= 4 is 27.5 Å². The second-order valence-electron chi connectivity index (χ2n) is 5.75. The van der Waals surface area contributed by atoms with Crippen molar-refractivity contribution in [1.82, 2.24) is 9.21 Å². The van der Waals surface area contributed by atoms with E-state index in [9.17, 15) is 13.2 Å². The Balaban J connectivity index is 2.03. The first-order valence-electron chi connectivity index (χ1n) is 7.22. The number of carbonyl (C=O) groups excluding carboxylic acids is 1. The molecule has 7 heteroatoms. The Hall–Kier alpha value is -1.11. The Morgan fingerprint density at radius 1 is 1.41 bits per heavy atom. The fraction of sp³-hybridized carbons (Fsp3) is 0.533. The van der Waals surface area contributed by atoms with Gasteiger partial charge in [0, 0.05) is 31.7 Å². The van der Waals surface area contributed by atoms with Crippen LogP contribution >= 0.6 is 11.6 Å². The average Bonchev–Trinajstić information content (AvgIpc) is 2.48. The lowest BCUT2D eigenvalue weighted by atomic mass is 9.98. The molecule has 1 aromatic carbocycles. The van der Waals surface area contributed by atoms with E-state index in [1.807, 2.05) is 18.2 Å². The van der Waals surface area contributed by atoms with E-state index in [1.165, 1.54) is 10.6 Å². The summed E-state index contributed by atoms with van der Waals surface area (Å²) in [6, 6.07) is 7.40. The van der Waals surface area contributed by atoms with Crippen LogP contribution in [0.25, 0.3) is 0 Å². The summed E-state index contributed by atoms with van der Waals surface area (Å²) in [6.07, 6.45) is 2.62. The van der Waals surface area contributed by atoms with E-state index in [4.69, 9.17) is 11.6 Å². The Bertz CT molecular complexity index is 648. The third kappa shape index (κ3) is 4.21. The molecule has 0 radical (unpaired) electrons. The molecule has 1 aliphatic heterocycles. The van der Waals surface area contributed by atoms with E-state index in [0.717, 1.165) is 12.0 Å². The van der Waals surface area contributed by atoms with Gasteiger partial charge in [0.2, 0.25) is 15.9 Å². The number of benzene rings is 1. The molecular formula is C15H21ClN2O3S. The number of amides is 1. The molecule has 1 heterocycles. The van der Waals surface area contributed by atoms with E-state index in [-0.39, 0.29) is 18.4 Å². The summed E-state index contributed by atoms with van der Waals surface area (Å²) in [5.74, 6) is -0.316. The minimum atomic E-state index is -3.24. The van der Waals surface area contributed by atoms with Gasteiger partial charge in [-0.05, 0) is 24.5 Å². The lowest BCUT2D eigenvalue weighted by molar-refractivity contribution is -0.135. The smallest absolute Gasteiger partial charge is 0.227 e. The second kappa shape index (κ2) is 6.98. The van der Waals surface area contributed by atoms with Crippen molar-refractivity contribution < 1.29 is 13.2 Å². The Morgan fingerprint density at radius 3 is 2.73 bits per heavy atom. The maximum atomic E-state index is 12.5. The number of carbonyl (C=O) groups is 1. The Labute approximate surface area is 136 Å². The predicted molar refractivity (Wildman–Crippen MR) is 87.1 cm³/mol. The first-order chi connectivity index (χ1) is 10.3. The van der Waals surface area contributed by atoms with Crippen LogP contribution in [0, 0.1) is 5.92 Å². The molecule has 0 saturated carbocycles. The van der Waals surface area contributed by atoms with Crippen molar-refractivity contribution in [2.75, 3.05) is 26.4 Å². The topological polar surface area (TPSA) is 57.7 Å². The highest BCUT2D eigenvalue weighted by Crippen LogP contribution is 2.22. The monoisotopic (exact) mass is 344 g/mol. The largest absolute Gasteiger partial charge is 0.341 e. The van der Waals surface area contributed by atoms with E-state index in [2.05, 4.69) is 0 Å². The number of sulfonamides is 1. The van der Waals surface area contributed by atoms with Gasteiger partial charge in [-0.1, -0.05) is 29.8 Å². The zero-order chi connectivity index (χ0) is 16.3. The van der Waals surface area contributed by atoms with Gasteiger partial charge in [0.1, 0.15) is 0 Å². The van der Waals surface area contributed by atoms with E-state index in [1.54, 1.807) is 18.0 Å². The highest BCUT2D eigenvalue weighted by molar-refractivity contribution is 7.88. The molecule has 22 heavy (non-hydrogen) atoms. The minimum Gasteiger partial charge on any atom is -0.341 e. The quantitative estimate of drug-likeness (QED) is 0.839. The maximum Gasteiger partial charge on any atom is 0.227 e. The van der Waals surface area contributed by atoms with Crippen molar-refractivity contribution in [1.29, 1.82) is 0 Å². The summed E-state index contributed by atoms with van der Waals surface area (Å²) in [4.78, 5) is 14.2. The normalized spacial score (nSPS) is 19.9. The van der Waals surface area contributed by atoms with Crippen molar-refractivity contribution in [2.24, 2.45) is 5.92 Å². The molecular weight excluding hydrogens is 324 g/mol. The molecule has 0 bridgehead atoms. The fourth-order valence-electron chi connectivity index (χ4n) is 2.72. The first kappa shape index (κ1) is 17.2. The number of hydrogen-bond donors (Lipinski definition) is 0. The molecule has 5 nitrogen and oxygen atoms in total. The number of piperidine rings is 1. The van der Waals surface area contributed by atoms with Crippen molar-refractivity contribution in [3.63, 3.8) is 0 Å². The maximum absolute atomic E-state index is 12.5. The zero-order valence-electron chi connectivity index (χ0n) is 12.8. The highest BCUT2D eigenvalue weighted by atomic mass is 35.5. The van der Waals surface area contributed by atoms with Gasteiger partial charge in [-0.2, -0.15) is 0 Å². The summed E-state index contributed by atoms with van der Waals surface area (Å²) in [5, 5.41) is 0.628. The van der Waals surface area contributed by atoms with Gasteiger partial charge in [0.25, 0.3) is 0 Å². The lowest BCUT2D eigenvalue weighted by Gasteiger charge is -2.32. The molecule has 0 aliphatic carbocycles. The van der Waals surface area contributed by atoms with E-state index in [0.29, 0.717) is 24.5 Å². The lowest BCUT2D eigenvalue weighted by Crippen LogP contribution is -2.45.